The zero-order chi connectivity index (χ0) is 12.1. The number of morpholine rings is 1. The van der Waals surface area contributed by atoms with Crippen molar-refractivity contribution in [2.24, 2.45) is 0 Å². The minimum atomic E-state index is 0.506. The summed E-state index contributed by atoms with van der Waals surface area (Å²) in [4.78, 5) is 10.7. The van der Waals surface area contributed by atoms with Crippen molar-refractivity contribution < 1.29 is 4.74 Å². The van der Waals surface area contributed by atoms with Gasteiger partial charge in [-0.15, -0.1) is 0 Å². The van der Waals surface area contributed by atoms with Gasteiger partial charge in [0.1, 0.15) is 17.5 Å². The van der Waals surface area contributed by atoms with E-state index >= 15 is 0 Å². The summed E-state index contributed by atoms with van der Waals surface area (Å²) in [5.74, 6) is 1.99. The van der Waals surface area contributed by atoms with E-state index in [2.05, 4.69) is 20.2 Å². The summed E-state index contributed by atoms with van der Waals surface area (Å²) in [5, 5.41) is 3.26. The maximum Gasteiger partial charge on any atom is 0.131 e. The third-order valence-corrected chi connectivity index (χ3v) is 2.70. The topological polar surface area (TPSA) is 76.3 Å². The van der Waals surface area contributed by atoms with Crippen LogP contribution in [0.4, 0.5) is 11.6 Å². The summed E-state index contributed by atoms with van der Waals surface area (Å²) in [6, 6.07) is 1.76. The third-order valence-electron chi connectivity index (χ3n) is 2.70. The predicted molar refractivity (Wildman–Crippen MR) is 66.9 cm³/mol. The highest BCUT2D eigenvalue weighted by molar-refractivity contribution is 5.44. The van der Waals surface area contributed by atoms with Crippen LogP contribution in [-0.2, 0) is 4.74 Å². The second-order valence-electron chi connectivity index (χ2n) is 4.11. The summed E-state index contributed by atoms with van der Waals surface area (Å²) < 4.78 is 5.30. The van der Waals surface area contributed by atoms with Gasteiger partial charge in [0, 0.05) is 32.2 Å². The van der Waals surface area contributed by atoms with Crippen molar-refractivity contribution in [3.05, 3.63) is 11.9 Å². The number of nitrogens with two attached hydrogens (primary N) is 1. The van der Waals surface area contributed by atoms with Gasteiger partial charge in [-0.2, -0.15) is 0 Å². The Balaban J connectivity index is 1.77. The molecular formula is C11H19N5O. The van der Waals surface area contributed by atoms with Crippen LogP contribution >= 0.6 is 0 Å². The van der Waals surface area contributed by atoms with Gasteiger partial charge >= 0.3 is 0 Å². The molecule has 0 atom stereocenters. The van der Waals surface area contributed by atoms with Gasteiger partial charge in [-0.25, -0.2) is 9.97 Å². The van der Waals surface area contributed by atoms with Crippen molar-refractivity contribution >= 4 is 11.6 Å². The molecule has 0 radical (unpaired) electrons. The molecule has 1 aliphatic rings. The maximum absolute atomic E-state index is 5.66. The van der Waals surface area contributed by atoms with Gasteiger partial charge < -0.3 is 15.8 Å². The van der Waals surface area contributed by atoms with Gasteiger partial charge in [0.15, 0.2) is 0 Å². The first-order valence-corrected chi connectivity index (χ1v) is 5.89. The van der Waals surface area contributed by atoms with Gasteiger partial charge in [0.25, 0.3) is 0 Å². The molecule has 6 heteroatoms. The van der Waals surface area contributed by atoms with Crippen LogP contribution in [0.3, 0.4) is 0 Å². The fraction of sp³-hybridized carbons (Fsp3) is 0.636. The van der Waals surface area contributed by atoms with Crippen LogP contribution in [0.5, 0.6) is 0 Å². The molecule has 1 aliphatic heterocycles. The molecule has 0 bridgehead atoms. The van der Waals surface area contributed by atoms with E-state index in [4.69, 9.17) is 10.5 Å². The summed E-state index contributed by atoms with van der Waals surface area (Å²) in [7, 11) is 0. The molecule has 1 aromatic heterocycles. The molecule has 0 spiro atoms. The first kappa shape index (κ1) is 12.1. The molecule has 3 N–H and O–H groups in total. The third kappa shape index (κ3) is 3.83. The van der Waals surface area contributed by atoms with Crippen molar-refractivity contribution in [3.8, 4) is 0 Å². The van der Waals surface area contributed by atoms with E-state index in [0.717, 1.165) is 45.2 Å². The molecule has 1 saturated heterocycles. The minimum Gasteiger partial charge on any atom is -0.384 e. The Morgan fingerprint density at radius 3 is 2.88 bits per heavy atom. The fourth-order valence-corrected chi connectivity index (χ4v) is 1.85. The molecule has 0 saturated carbocycles. The summed E-state index contributed by atoms with van der Waals surface area (Å²) >= 11 is 0. The lowest BCUT2D eigenvalue weighted by Crippen LogP contribution is -2.39. The standard InChI is InChI=1S/C11H19N5O/c1-9-14-10(12)8-11(15-9)13-2-3-16-4-6-17-7-5-16/h8H,2-7H2,1H3,(H3,12,13,14,15). The Bertz CT molecular complexity index is 345. The number of nitrogens with zero attached hydrogens (tertiary/aromatic N) is 3. The van der Waals surface area contributed by atoms with Gasteiger partial charge in [0.2, 0.25) is 0 Å². The molecule has 1 fully saturated rings. The molecule has 0 unspecified atom stereocenters. The van der Waals surface area contributed by atoms with Gasteiger partial charge in [-0.3, -0.25) is 4.90 Å². The smallest absolute Gasteiger partial charge is 0.131 e. The van der Waals surface area contributed by atoms with Crippen molar-refractivity contribution in [3.63, 3.8) is 0 Å². The molecule has 0 aromatic carbocycles. The summed E-state index contributed by atoms with van der Waals surface area (Å²) in [5.41, 5.74) is 5.66. The number of hydrogen-bond donors (Lipinski definition) is 2. The Morgan fingerprint density at radius 2 is 2.18 bits per heavy atom. The van der Waals surface area contributed by atoms with E-state index in [0.29, 0.717) is 11.6 Å². The Morgan fingerprint density at radius 1 is 1.41 bits per heavy atom. The first-order chi connectivity index (χ1) is 8.24. The zero-order valence-corrected chi connectivity index (χ0v) is 10.1. The number of ether oxygens (including phenoxy) is 1. The second-order valence-corrected chi connectivity index (χ2v) is 4.11. The van der Waals surface area contributed by atoms with Gasteiger partial charge in [-0.1, -0.05) is 0 Å². The molecule has 0 aliphatic carbocycles. The van der Waals surface area contributed by atoms with Crippen LogP contribution in [-0.4, -0.2) is 54.3 Å². The van der Waals surface area contributed by atoms with E-state index in [1.54, 1.807) is 6.07 Å². The highest BCUT2D eigenvalue weighted by Crippen LogP contribution is 2.07. The van der Waals surface area contributed by atoms with Crippen LogP contribution < -0.4 is 11.1 Å². The van der Waals surface area contributed by atoms with Crippen LogP contribution in [0, 0.1) is 6.92 Å². The number of anilines is 2. The Hall–Kier alpha value is -1.40. The van der Waals surface area contributed by atoms with Crippen molar-refractivity contribution in [1.82, 2.24) is 14.9 Å². The summed E-state index contributed by atoms with van der Waals surface area (Å²) in [6.07, 6.45) is 0. The number of aryl methyl sites for hydroxylation is 1. The van der Waals surface area contributed by atoms with Crippen molar-refractivity contribution in [1.29, 1.82) is 0 Å². The average Bonchev–Trinajstić information content (AvgIpc) is 2.29. The first-order valence-electron chi connectivity index (χ1n) is 5.89. The van der Waals surface area contributed by atoms with E-state index in [-0.39, 0.29) is 0 Å². The highest BCUT2D eigenvalue weighted by Gasteiger charge is 2.09. The molecule has 6 nitrogen and oxygen atoms in total. The number of hydrogen-bond acceptors (Lipinski definition) is 6. The number of aromatic nitrogens is 2. The van der Waals surface area contributed by atoms with Crippen LogP contribution in [0.15, 0.2) is 6.07 Å². The molecule has 2 rings (SSSR count). The van der Waals surface area contributed by atoms with Crippen molar-refractivity contribution in [2.45, 2.75) is 6.92 Å². The minimum absolute atomic E-state index is 0.506. The number of rotatable bonds is 4. The average molecular weight is 237 g/mol. The maximum atomic E-state index is 5.66. The SMILES string of the molecule is Cc1nc(N)cc(NCCN2CCOCC2)n1. The van der Waals surface area contributed by atoms with E-state index < -0.39 is 0 Å². The van der Waals surface area contributed by atoms with Crippen LogP contribution in [0.2, 0.25) is 0 Å². The largest absolute Gasteiger partial charge is 0.384 e. The lowest BCUT2D eigenvalue weighted by Gasteiger charge is -2.26. The molecule has 94 valence electrons. The Kier molecular flexibility index (Phi) is 4.11. The molecule has 1 aromatic rings. The van der Waals surface area contributed by atoms with Gasteiger partial charge in [-0.05, 0) is 6.92 Å². The predicted octanol–water partition coefficient (Wildman–Crippen LogP) is 0.111. The highest BCUT2D eigenvalue weighted by atomic mass is 16.5. The number of nitrogen functional groups attached to an aromatic ring is 1. The van der Waals surface area contributed by atoms with E-state index in [1.807, 2.05) is 6.92 Å². The normalized spacial score (nSPS) is 17.0. The fourth-order valence-electron chi connectivity index (χ4n) is 1.85. The molecular weight excluding hydrogens is 218 g/mol. The van der Waals surface area contributed by atoms with Crippen LogP contribution in [0.1, 0.15) is 5.82 Å². The van der Waals surface area contributed by atoms with Crippen molar-refractivity contribution in [2.75, 3.05) is 50.4 Å². The monoisotopic (exact) mass is 237 g/mol. The zero-order valence-electron chi connectivity index (χ0n) is 10.1. The Labute approximate surface area is 101 Å². The lowest BCUT2D eigenvalue weighted by atomic mass is 10.4. The van der Waals surface area contributed by atoms with Crippen LogP contribution in [0.25, 0.3) is 0 Å². The van der Waals surface area contributed by atoms with Gasteiger partial charge in [0.05, 0.1) is 13.2 Å². The quantitative estimate of drug-likeness (QED) is 0.774. The lowest BCUT2D eigenvalue weighted by molar-refractivity contribution is 0.0398. The summed E-state index contributed by atoms with van der Waals surface area (Å²) in [6.45, 7) is 7.37. The van der Waals surface area contributed by atoms with E-state index in [1.165, 1.54) is 0 Å². The molecule has 2 heterocycles. The number of nitrogens with one attached hydrogen (secondary N) is 1. The molecule has 0 amide bonds. The second kappa shape index (κ2) is 5.79. The molecule has 17 heavy (non-hydrogen) atoms. The van der Waals surface area contributed by atoms with E-state index in [9.17, 15) is 0 Å².